The number of methoxy groups -OCH3 is 1. The molecule has 1 fully saturated rings. The molecule has 0 aromatic heterocycles. The Hall–Kier alpha value is -3.05. The number of nitrogens with one attached hydrogen (secondary N) is 2. The van der Waals surface area contributed by atoms with Crippen molar-refractivity contribution in [2.24, 2.45) is 0 Å². The molecule has 1 aliphatic heterocycles. The molecule has 1 atom stereocenters. The molecular formula is C21H23F2N3O5S. The van der Waals surface area contributed by atoms with Crippen LogP contribution >= 0.6 is 0 Å². The summed E-state index contributed by atoms with van der Waals surface area (Å²) < 4.78 is 54.7. The summed E-state index contributed by atoms with van der Waals surface area (Å²) in [5.74, 6) is -3.84. The van der Waals surface area contributed by atoms with Crippen molar-refractivity contribution in [3.63, 3.8) is 0 Å². The molecule has 0 aliphatic carbocycles. The normalized spacial score (nSPS) is 16.7. The van der Waals surface area contributed by atoms with E-state index in [2.05, 4.69) is 10.6 Å². The van der Waals surface area contributed by atoms with Gasteiger partial charge in [-0.15, -0.1) is 0 Å². The second kappa shape index (κ2) is 10.0. The number of nitrogens with zero attached hydrogens (tertiary/aromatic N) is 1. The summed E-state index contributed by atoms with van der Waals surface area (Å²) in [6, 6.07) is 11.2. The third-order valence-corrected chi connectivity index (χ3v) is 6.51. The van der Waals surface area contributed by atoms with Gasteiger partial charge in [0.25, 0.3) is 0 Å². The lowest BCUT2D eigenvalue weighted by Gasteiger charge is -2.23. The van der Waals surface area contributed by atoms with E-state index >= 15 is 0 Å². The fourth-order valence-corrected chi connectivity index (χ4v) is 4.39. The standard InChI is InChI=1S/C21H23F2N3O5S/c1-31-15-10-8-14(9-11-15)24-20(28)17-6-4-12-26(17)13-19(27)25-16-5-2-3-7-18(16)32(29,30)21(22)23/h2-3,5,7-11,17,21H,4,6,12-13H2,1H3,(H,24,28)(H,25,27). The highest BCUT2D eigenvalue weighted by molar-refractivity contribution is 7.91. The smallest absolute Gasteiger partial charge is 0.341 e. The van der Waals surface area contributed by atoms with Gasteiger partial charge in [-0.3, -0.25) is 14.5 Å². The van der Waals surface area contributed by atoms with Gasteiger partial charge in [-0.1, -0.05) is 12.1 Å². The number of anilines is 2. The predicted molar refractivity (Wildman–Crippen MR) is 114 cm³/mol. The van der Waals surface area contributed by atoms with E-state index < -0.39 is 32.4 Å². The van der Waals surface area contributed by atoms with Crippen LogP contribution in [0.15, 0.2) is 53.4 Å². The molecule has 0 radical (unpaired) electrons. The van der Waals surface area contributed by atoms with Gasteiger partial charge in [0, 0.05) is 5.69 Å². The second-order valence-electron chi connectivity index (χ2n) is 7.20. The summed E-state index contributed by atoms with van der Waals surface area (Å²) in [5, 5.41) is 5.18. The van der Waals surface area contributed by atoms with Crippen LogP contribution in [0.2, 0.25) is 0 Å². The highest BCUT2D eigenvalue weighted by Gasteiger charge is 2.33. The SMILES string of the molecule is COc1ccc(NC(=O)C2CCCN2CC(=O)Nc2ccccc2S(=O)(=O)C(F)F)cc1. The van der Waals surface area contributed by atoms with Gasteiger partial charge < -0.3 is 15.4 Å². The number of hydrogen-bond donors (Lipinski definition) is 2. The van der Waals surface area contributed by atoms with Gasteiger partial charge >= 0.3 is 5.76 Å². The van der Waals surface area contributed by atoms with Crippen molar-refractivity contribution in [3.8, 4) is 5.75 Å². The van der Waals surface area contributed by atoms with E-state index in [-0.39, 0.29) is 18.1 Å². The Morgan fingerprint density at radius 3 is 2.47 bits per heavy atom. The molecule has 0 saturated carbocycles. The highest BCUT2D eigenvalue weighted by atomic mass is 32.2. The van der Waals surface area contributed by atoms with Crippen LogP contribution in [0.5, 0.6) is 5.75 Å². The van der Waals surface area contributed by atoms with Crippen LogP contribution in [0.4, 0.5) is 20.2 Å². The molecule has 11 heteroatoms. The zero-order valence-electron chi connectivity index (χ0n) is 17.3. The average Bonchev–Trinajstić information content (AvgIpc) is 3.22. The zero-order chi connectivity index (χ0) is 23.3. The number of amides is 2. The van der Waals surface area contributed by atoms with Crippen molar-refractivity contribution >= 4 is 33.0 Å². The van der Waals surface area contributed by atoms with Crippen LogP contribution in [0.1, 0.15) is 12.8 Å². The van der Waals surface area contributed by atoms with E-state index in [1.165, 1.54) is 25.3 Å². The second-order valence-corrected chi connectivity index (χ2v) is 9.08. The average molecular weight is 467 g/mol. The Labute approximate surface area is 184 Å². The third-order valence-electron chi connectivity index (χ3n) is 5.07. The fraction of sp³-hybridized carbons (Fsp3) is 0.333. The Kier molecular flexibility index (Phi) is 7.41. The maximum atomic E-state index is 12.9. The van der Waals surface area contributed by atoms with Crippen molar-refractivity contribution in [3.05, 3.63) is 48.5 Å². The first-order chi connectivity index (χ1) is 15.2. The first-order valence-corrected chi connectivity index (χ1v) is 11.4. The zero-order valence-corrected chi connectivity index (χ0v) is 18.1. The van der Waals surface area contributed by atoms with Crippen LogP contribution < -0.4 is 15.4 Å². The topological polar surface area (TPSA) is 105 Å². The first-order valence-electron chi connectivity index (χ1n) is 9.82. The van der Waals surface area contributed by atoms with Crippen molar-refractivity contribution in [2.75, 3.05) is 30.8 Å². The van der Waals surface area contributed by atoms with E-state index in [1.807, 2.05) is 0 Å². The predicted octanol–water partition coefficient (Wildman–Crippen LogP) is 2.73. The number of sulfone groups is 1. The monoisotopic (exact) mass is 467 g/mol. The fourth-order valence-electron chi connectivity index (χ4n) is 3.50. The summed E-state index contributed by atoms with van der Waals surface area (Å²) in [7, 11) is -3.34. The number of carbonyl (C=O) groups is 2. The Balaban J connectivity index is 1.65. The van der Waals surface area contributed by atoms with Gasteiger partial charge in [-0.2, -0.15) is 8.78 Å². The lowest BCUT2D eigenvalue weighted by molar-refractivity contribution is -0.122. The number of alkyl halides is 2. The molecule has 0 bridgehead atoms. The highest BCUT2D eigenvalue weighted by Crippen LogP contribution is 2.26. The third kappa shape index (κ3) is 5.40. The number of para-hydroxylation sites is 1. The minimum absolute atomic E-state index is 0.191. The summed E-state index contributed by atoms with van der Waals surface area (Å²) in [6.45, 7) is 0.300. The molecule has 1 unspecified atom stereocenters. The van der Waals surface area contributed by atoms with Crippen molar-refractivity contribution in [2.45, 2.75) is 29.5 Å². The van der Waals surface area contributed by atoms with Crippen LogP contribution in [-0.2, 0) is 19.4 Å². The van der Waals surface area contributed by atoms with Crippen LogP contribution in [0, 0.1) is 0 Å². The van der Waals surface area contributed by atoms with E-state index in [4.69, 9.17) is 4.74 Å². The number of likely N-dealkylation sites (tertiary alicyclic amines) is 1. The maximum Gasteiger partial charge on any atom is 0.341 e. The van der Waals surface area contributed by atoms with E-state index in [9.17, 15) is 26.8 Å². The lowest BCUT2D eigenvalue weighted by Crippen LogP contribution is -2.43. The molecule has 2 N–H and O–H groups in total. The van der Waals surface area contributed by atoms with Gasteiger partial charge in [0.1, 0.15) is 5.75 Å². The number of benzene rings is 2. The van der Waals surface area contributed by atoms with Gasteiger partial charge in [-0.05, 0) is 55.8 Å². The molecule has 1 aliphatic rings. The van der Waals surface area contributed by atoms with Crippen LogP contribution in [-0.4, -0.2) is 57.1 Å². The summed E-state index contributed by atoms with van der Waals surface area (Å²) in [4.78, 5) is 26.2. The molecule has 172 valence electrons. The molecule has 2 aromatic carbocycles. The number of halogens is 2. The number of ether oxygens (including phenoxy) is 1. The Morgan fingerprint density at radius 2 is 1.81 bits per heavy atom. The van der Waals surface area contributed by atoms with Crippen LogP contribution in [0.25, 0.3) is 0 Å². The minimum Gasteiger partial charge on any atom is -0.497 e. The Morgan fingerprint density at radius 1 is 1.12 bits per heavy atom. The molecule has 1 saturated heterocycles. The van der Waals surface area contributed by atoms with Crippen molar-refractivity contribution in [1.29, 1.82) is 0 Å². The first kappa shape index (κ1) is 23.6. The maximum absolute atomic E-state index is 12.9. The van der Waals surface area contributed by atoms with Crippen molar-refractivity contribution < 1.29 is 31.5 Å². The minimum atomic E-state index is -4.88. The van der Waals surface area contributed by atoms with Crippen LogP contribution in [0.3, 0.4) is 0 Å². The van der Waals surface area contributed by atoms with E-state index in [0.29, 0.717) is 30.8 Å². The summed E-state index contributed by atoms with van der Waals surface area (Å²) in [5.41, 5.74) is 0.356. The van der Waals surface area contributed by atoms with E-state index in [0.717, 1.165) is 6.07 Å². The molecule has 2 aromatic rings. The molecule has 1 heterocycles. The molecule has 32 heavy (non-hydrogen) atoms. The molecule has 3 rings (SSSR count). The van der Waals surface area contributed by atoms with Gasteiger partial charge in [-0.25, -0.2) is 8.42 Å². The molecule has 0 spiro atoms. The van der Waals surface area contributed by atoms with Crippen molar-refractivity contribution in [1.82, 2.24) is 4.90 Å². The molecular weight excluding hydrogens is 444 g/mol. The lowest BCUT2D eigenvalue weighted by atomic mass is 10.2. The Bertz CT molecular complexity index is 1080. The number of carbonyl (C=O) groups excluding carboxylic acids is 2. The van der Waals surface area contributed by atoms with Gasteiger partial charge in [0.15, 0.2) is 0 Å². The number of rotatable bonds is 8. The van der Waals surface area contributed by atoms with Gasteiger partial charge in [0.05, 0.1) is 30.3 Å². The van der Waals surface area contributed by atoms with Gasteiger partial charge in [0.2, 0.25) is 21.7 Å². The molecule has 8 nitrogen and oxygen atoms in total. The van der Waals surface area contributed by atoms with E-state index in [1.54, 1.807) is 29.2 Å². The largest absolute Gasteiger partial charge is 0.497 e. The quantitative estimate of drug-likeness (QED) is 0.619. The summed E-state index contributed by atoms with van der Waals surface area (Å²) in [6.07, 6.45) is 1.25. The summed E-state index contributed by atoms with van der Waals surface area (Å²) >= 11 is 0. The molecule has 2 amide bonds. The number of hydrogen-bond acceptors (Lipinski definition) is 6.